The van der Waals surface area contributed by atoms with Crippen LogP contribution in [0.1, 0.15) is 41.9 Å². The number of aryl methyl sites for hydroxylation is 2. The zero-order chi connectivity index (χ0) is 18.7. The predicted octanol–water partition coefficient (Wildman–Crippen LogP) is 3.46. The first kappa shape index (κ1) is 19.0. The van der Waals surface area contributed by atoms with Gasteiger partial charge in [0.25, 0.3) is 5.91 Å². The van der Waals surface area contributed by atoms with E-state index in [1.807, 2.05) is 11.7 Å². The molecule has 26 heavy (non-hydrogen) atoms. The molecule has 1 N–H and O–H groups in total. The number of amides is 1. The third kappa shape index (κ3) is 3.81. The second-order valence-corrected chi connectivity index (χ2v) is 7.74. The Hall–Kier alpha value is -1.79. The van der Waals surface area contributed by atoms with Crippen LogP contribution in [-0.4, -0.2) is 46.8 Å². The van der Waals surface area contributed by atoms with Gasteiger partial charge in [0.05, 0.1) is 5.69 Å². The lowest BCUT2D eigenvalue weighted by Gasteiger charge is -2.18. The number of rotatable bonds is 7. The number of benzene rings is 1. The summed E-state index contributed by atoms with van der Waals surface area (Å²) < 4.78 is 1.86. The normalized spacial score (nSPS) is 12.8. The van der Waals surface area contributed by atoms with E-state index in [9.17, 15) is 4.79 Å². The van der Waals surface area contributed by atoms with Gasteiger partial charge in [-0.3, -0.25) is 9.48 Å². The van der Waals surface area contributed by atoms with Crippen LogP contribution in [0, 0.1) is 6.92 Å². The number of hydrogen-bond acceptors (Lipinski definition) is 4. The van der Waals surface area contributed by atoms with Crippen LogP contribution in [0.25, 0.3) is 11.3 Å². The summed E-state index contributed by atoms with van der Waals surface area (Å²) in [5.74, 6) is 0.736. The van der Waals surface area contributed by atoms with Gasteiger partial charge in [-0.15, -0.1) is 11.8 Å². The van der Waals surface area contributed by atoms with E-state index in [2.05, 4.69) is 54.3 Å². The molecular weight excluding hydrogens is 344 g/mol. The van der Waals surface area contributed by atoms with Crippen LogP contribution in [0.3, 0.4) is 0 Å². The van der Waals surface area contributed by atoms with Gasteiger partial charge in [-0.2, -0.15) is 5.10 Å². The summed E-state index contributed by atoms with van der Waals surface area (Å²) in [6.45, 7) is 10.2. The highest BCUT2D eigenvalue weighted by atomic mass is 32.2. The van der Waals surface area contributed by atoms with Crippen LogP contribution in [0.5, 0.6) is 0 Å². The van der Waals surface area contributed by atoms with Gasteiger partial charge in [-0.05, 0) is 45.1 Å². The Kier molecular flexibility index (Phi) is 6.04. The summed E-state index contributed by atoms with van der Waals surface area (Å²) >= 11 is 1.78. The molecule has 5 nitrogen and oxygen atoms in total. The molecule has 1 amide bonds. The number of carbonyl (C=O) groups is 1. The van der Waals surface area contributed by atoms with E-state index in [1.54, 1.807) is 11.8 Å². The van der Waals surface area contributed by atoms with Gasteiger partial charge in [-0.25, -0.2) is 0 Å². The first-order valence-electron chi connectivity index (χ1n) is 9.35. The lowest BCUT2D eigenvalue weighted by atomic mass is 10.0. The topological polar surface area (TPSA) is 50.2 Å². The van der Waals surface area contributed by atoms with Crippen molar-refractivity contribution >= 4 is 17.7 Å². The van der Waals surface area contributed by atoms with Gasteiger partial charge in [0.15, 0.2) is 5.69 Å². The molecule has 0 bridgehead atoms. The number of hydrogen-bond donors (Lipinski definition) is 1. The van der Waals surface area contributed by atoms with Gasteiger partial charge in [0.2, 0.25) is 0 Å². The average molecular weight is 373 g/mol. The van der Waals surface area contributed by atoms with Crippen molar-refractivity contribution in [3.05, 3.63) is 35.0 Å². The third-order valence-electron chi connectivity index (χ3n) is 4.95. The second-order valence-electron chi connectivity index (χ2n) is 6.72. The number of carbonyl (C=O) groups excluding carboxylic acids is 1. The molecule has 1 aliphatic heterocycles. The predicted molar refractivity (Wildman–Crippen MR) is 108 cm³/mol. The van der Waals surface area contributed by atoms with E-state index in [0.29, 0.717) is 12.2 Å². The van der Waals surface area contributed by atoms with Gasteiger partial charge in [-0.1, -0.05) is 25.5 Å². The van der Waals surface area contributed by atoms with Gasteiger partial charge in [0.1, 0.15) is 0 Å². The Morgan fingerprint density at radius 3 is 2.85 bits per heavy atom. The quantitative estimate of drug-likeness (QED) is 0.756. The maximum Gasteiger partial charge on any atom is 0.272 e. The molecule has 0 aliphatic carbocycles. The van der Waals surface area contributed by atoms with Crippen molar-refractivity contribution in [2.75, 3.05) is 26.2 Å². The van der Waals surface area contributed by atoms with Crippen LogP contribution in [0.4, 0.5) is 0 Å². The molecule has 1 aliphatic rings. The van der Waals surface area contributed by atoms with Crippen LogP contribution in [0.15, 0.2) is 23.1 Å². The molecule has 6 heteroatoms. The molecule has 3 rings (SSSR count). The summed E-state index contributed by atoms with van der Waals surface area (Å²) in [4.78, 5) is 16.3. The van der Waals surface area contributed by atoms with Crippen LogP contribution < -0.4 is 5.32 Å². The third-order valence-corrected chi connectivity index (χ3v) is 6.05. The molecule has 0 unspecified atom stereocenters. The second kappa shape index (κ2) is 8.27. The number of fused-ring (bicyclic) bond motifs is 3. The van der Waals surface area contributed by atoms with Gasteiger partial charge >= 0.3 is 0 Å². The highest BCUT2D eigenvalue weighted by molar-refractivity contribution is 7.98. The van der Waals surface area contributed by atoms with Gasteiger partial charge in [0, 0.05) is 35.4 Å². The number of aromatic nitrogens is 2. The Morgan fingerprint density at radius 1 is 1.35 bits per heavy atom. The largest absolute Gasteiger partial charge is 0.351 e. The van der Waals surface area contributed by atoms with Crippen molar-refractivity contribution in [3.8, 4) is 11.3 Å². The van der Waals surface area contributed by atoms with E-state index in [4.69, 9.17) is 0 Å². The van der Waals surface area contributed by atoms with Crippen LogP contribution in [-0.2, 0) is 12.8 Å². The molecule has 0 atom stereocenters. The maximum absolute atomic E-state index is 12.7. The summed E-state index contributed by atoms with van der Waals surface area (Å²) in [5, 5.41) is 7.60. The van der Waals surface area contributed by atoms with Crippen molar-refractivity contribution in [2.24, 2.45) is 7.05 Å². The number of nitrogens with one attached hydrogen (secondary N) is 1. The molecular formula is C20H28N4OS. The van der Waals surface area contributed by atoms with E-state index in [-0.39, 0.29) is 5.91 Å². The van der Waals surface area contributed by atoms with Crippen molar-refractivity contribution in [2.45, 2.75) is 37.8 Å². The highest BCUT2D eigenvalue weighted by Crippen LogP contribution is 2.42. The fourth-order valence-corrected chi connectivity index (χ4v) is 4.51. The molecule has 2 heterocycles. The first-order valence-corrected chi connectivity index (χ1v) is 10.3. The molecule has 0 saturated heterocycles. The van der Waals surface area contributed by atoms with Crippen molar-refractivity contribution in [1.29, 1.82) is 0 Å². The first-order chi connectivity index (χ1) is 12.5. The van der Waals surface area contributed by atoms with Crippen molar-refractivity contribution in [1.82, 2.24) is 20.0 Å². The number of thioether (sulfide) groups is 1. The summed E-state index contributed by atoms with van der Waals surface area (Å²) in [7, 11) is 1.93. The monoisotopic (exact) mass is 372 g/mol. The minimum absolute atomic E-state index is 0.0573. The zero-order valence-corrected chi connectivity index (χ0v) is 16.9. The number of nitrogens with zero attached hydrogens (tertiary/aromatic N) is 3. The molecule has 0 spiro atoms. The standard InChI is InChI=1S/C20H28N4OS/c1-5-24(6-2)11-7-10-21-20(25)18-16-13-26-17-9-8-14(3)12-15(17)19(16)23(4)22-18/h8-9,12H,5-7,10-11,13H2,1-4H3,(H,21,25). The highest BCUT2D eigenvalue weighted by Gasteiger charge is 2.27. The smallest absolute Gasteiger partial charge is 0.272 e. The van der Waals surface area contributed by atoms with E-state index in [0.717, 1.165) is 43.1 Å². The molecule has 0 fully saturated rings. The Balaban J connectivity index is 1.73. The SMILES string of the molecule is CCN(CC)CCCNC(=O)c1nn(C)c2c1CSc1ccc(C)cc1-2. The Bertz CT molecular complexity index is 795. The van der Waals surface area contributed by atoms with Crippen LogP contribution in [0.2, 0.25) is 0 Å². The molecule has 1 aromatic carbocycles. The van der Waals surface area contributed by atoms with Crippen LogP contribution >= 0.6 is 11.8 Å². The minimum atomic E-state index is -0.0573. The van der Waals surface area contributed by atoms with Gasteiger partial charge < -0.3 is 10.2 Å². The molecule has 0 radical (unpaired) electrons. The molecule has 2 aromatic rings. The summed E-state index contributed by atoms with van der Waals surface area (Å²) in [5.41, 5.74) is 5.12. The van der Waals surface area contributed by atoms with E-state index < -0.39 is 0 Å². The molecule has 0 saturated carbocycles. The van der Waals surface area contributed by atoms with Crippen molar-refractivity contribution in [3.63, 3.8) is 0 Å². The fourth-order valence-electron chi connectivity index (χ4n) is 3.46. The zero-order valence-electron chi connectivity index (χ0n) is 16.1. The minimum Gasteiger partial charge on any atom is -0.351 e. The molecule has 140 valence electrons. The van der Waals surface area contributed by atoms with E-state index >= 15 is 0 Å². The lowest BCUT2D eigenvalue weighted by molar-refractivity contribution is 0.0945. The summed E-state index contributed by atoms with van der Waals surface area (Å²) in [6.07, 6.45) is 0.958. The summed E-state index contributed by atoms with van der Waals surface area (Å²) in [6, 6.07) is 6.49. The van der Waals surface area contributed by atoms with E-state index in [1.165, 1.54) is 16.0 Å². The molecule has 1 aromatic heterocycles. The van der Waals surface area contributed by atoms with Crippen molar-refractivity contribution < 1.29 is 4.79 Å². The lowest BCUT2D eigenvalue weighted by Crippen LogP contribution is -2.30. The Morgan fingerprint density at radius 2 is 2.12 bits per heavy atom. The Labute approximate surface area is 160 Å². The maximum atomic E-state index is 12.7. The fraction of sp³-hybridized carbons (Fsp3) is 0.500. The average Bonchev–Trinajstić information content (AvgIpc) is 2.99.